The summed E-state index contributed by atoms with van der Waals surface area (Å²) in [5, 5.41) is 0. The van der Waals surface area contributed by atoms with Crippen molar-refractivity contribution in [2.75, 3.05) is 50.8 Å². The molecule has 1 amide bonds. The minimum absolute atomic E-state index is 0.0634. The average Bonchev–Trinajstić information content (AvgIpc) is 3.47. The Bertz CT molecular complexity index is 1100. The van der Waals surface area contributed by atoms with Gasteiger partial charge in [-0.05, 0) is 43.9 Å². The quantitative estimate of drug-likeness (QED) is 0.554. The van der Waals surface area contributed by atoms with Crippen LogP contribution in [0.2, 0.25) is 0 Å². The summed E-state index contributed by atoms with van der Waals surface area (Å²) in [4.78, 5) is 17.5. The van der Waals surface area contributed by atoms with Gasteiger partial charge in [0.15, 0.2) is 27.2 Å². The smallest absolute Gasteiger partial charge is 0.254 e. The molecule has 0 radical (unpaired) electrons. The van der Waals surface area contributed by atoms with Gasteiger partial charge >= 0.3 is 0 Å². The number of furan rings is 1. The van der Waals surface area contributed by atoms with Crippen LogP contribution in [0, 0.1) is 0 Å². The molecular weight excluding hydrogens is 460 g/mol. The van der Waals surface area contributed by atoms with Gasteiger partial charge in [0.1, 0.15) is 5.76 Å². The third-order valence-electron chi connectivity index (χ3n) is 6.46. The fraction of sp³-hybridized carbons (Fsp3) is 0.542. The maximum atomic E-state index is 13.7. The fourth-order valence-electron chi connectivity index (χ4n) is 4.66. The highest BCUT2D eigenvalue weighted by Gasteiger charge is 2.36. The Morgan fingerprint density at radius 3 is 2.29 bits per heavy atom. The van der Waals surface area contributed by atoms with Crippen molar-refractivity contribution in [3.05, 3.63) is 35.6 Å². The number of rotatable bonds is 8. The summed E-state index contributed by atoms with van der Waals surface area (Å²) in [6.07, 6.45) is 3.86. The minimum Gasteiger partial charge on any atom is -0.493 e. The number of amides is 1. The molecular formula is C24H32N2O7S. The van der Waals surface area contributed by atoms with Crippen molar-refractivity contribution in [2.45, 2.75) is 38.3 Å². The van der Waals surface area contributed by atoms with Crippen molar-refractivity contribution in [2.24, 2.45) is 0 Å². The molecule has 0 N–H and O–H groups in total. The number of hydrogen-bond donors (Lipinski definition) is 0. The van der Waals surface area contributed by atoms with Gasteiger partial charge in [-0.1, -0.05) is 0 Å². The van der Waals surface area contributed by atoms with Crippen LogP contribution in [0.25, 0.3) is 0 Å². The molecule has 2 aromatic rings. The molecule has 9 nitrogen and oxygen atoms in total. The second-order valence-electron chi connectivity index (χ2n) is 8.69. The number of piperidine rings is 1. The molecule has 0 saturated carbocycles. The Morgan fingerprint density at radius 2 is 1.74 bits per heavy atom. The van der Waals surface area contributed by atoms with Crippen LogP contribution in [-0.4, -0.2) is 71.2 Å². The Hall–Kier alpha value is -2.88. The Balaban J connectivity index is 1.64. The normalized spacial score (nSPS) is 19.6. The zero-order chi connectivity index (χ0) is 24.3. The molecule has 186 valence electrons. The van der Waals surface area contributed by atoms with Gasteiger partial charge in [0.05, 0.1) is 39.4 Å². The highest BCUT2D eigenvalue weighted by atomic mass is 32.2. The summed E-state index contributed by atoms with van der Waals surface area (Å²) in [6.45, 7) is 2.06. The summed E-state index contributed by atoms with van der Waals surface area (Å²) in [5.41, 5.74) is 0.321. The Kier molecular flexibility index (Phi) is 7.25. The van der Waals surface area contributed by atoms with E-state index in [1.165, 1.54) is 27.8 Å². The molecule has 2 saturated heterocycles. The predicted molar refractivity (Wildman–Crippen MR) is 128 cm³/mol. The fourth-order valence-corrected chi connectivity index (χ4v) is 6.39. The standard InChI is InChI=1S/C24H32N2O7S/c1-30-20-13-17(14-21(31-2)23(20)32-3)24(27)26(18-9-12-34(28,29)16-18)15-19-7-8-22(33-19)25-10-5-4-6-11-25/h7-8,13-14,18H,4-6,9-12,15-16H2,1-3H3. The molecule has 1 unspecified atom stereocenters. The first-order chi connectivity index (χ1) is 16.3. The number of ether oxygens (including phenoxy) is 3. The first-order valence-corrected chi connectivity index (χ1v) is 13.3. The van der Waals surface area contributed by atoms with Crippen LogP contribution in [0.3, 0.4) is 0 Å². The van der Waals surface area contributed by atoms with Gasteiger partial charge in [0.25, 0.3) is 5.91 Å². The lowest BCUT2D eigenvalue weighted by Crippen LogP contribution is -2.40. The van der Waals surface area contributed by atoms with E-state index in [0.29, 0.717) is 35.0 Å². The van der Waals surface area contributed by atoms with E-state index in [0.717, 1.165) is 31.8 Å². The maximum absolute atomic E-state index is 13.7. The molecule has 34 heavy (non-hydrogen) atoms. The van der Waals surface area contributed by atoms with Gasteiger partial charge in [-0.3, -0.25) is 4.79 Å². The lowest BCUT2D eigenvalue weighted by molar-refractivity contribution is 0.0665. The summed E-state index contributed by atoms with van der Waals surface area (Å²) in [6, 6.07) is 6.51. The summed E-state index contributed by atoms with van der Waals surface area (Å²) in [7, 11) is 1.26. The van der Waals surface area contributed by atoms with Crippen LogP contribution in [0.4, 0.5) is 5.88 Å². The summed E-state index contributed by atoms with van der Waals surface area (Å²) >= 11 is 0. The van der Waals surface area contributed by atoms with Crippen LogP contribution in [0.15, 0.2) is 28.7 Å². The average molecular weight is 493 g/mol. The SMILES string of the molecule is COc1cc(C(=O)N(Cc2ccc(N3CCCCC3)o2)C2CCS(=O)(=O)C2)cc(OC)c1OC. The minimum atomic E-state index is -3.20. The van der Waals surface area contributed by atoms with E-state index in [1.54, 1.807) is 17.0 Å². The van der Waals surface area contributed by atoms with E-state index in [2.05, 4.69) is 4.90 Å². The molecule has 3 heterocycles. The Morgan fingerprint density at radius 1 is 1.06 bits per heavy atom. The van der Waals surface area contributed by atoms with E-state index >= 15 is 0 Å². The van der Waals surface area contributed by atoms with Crippen molar-refractivity contribution in [1.29, 1.82) is 0 Å². The number of carbonyl (C=O) groups excluding carboxylic acids is 1. The molecule has 4 rings (SSSR count). The van der Waals surface area contributed by atoms with Crippen molar-refractivity contribution < 1.29 is 31.8 Å². The van der Waals surface area contributed by atoms with Crippen LogP contribution in [0.5, 0.6) is 17.2 Å². The third-order valence-corrected chi connectivity index (χ3v) is 8.21. The molecule has 0 spiro atoms. The van der Waals surface area contributed by atoms with Crippen LogP contribution >= 0.6 is 0 Å². The van der Waals surface area contributed by atoms with Gasteiger partial charge in [-0.15, -0.1) is 0 Å². The molecule has 2 aliphatic rings. The van der Waals surface area contributed by atoms with E-state index < -0.39 is 15.9 Å². The summed E-state index contributed by atoms with van der Waals surface area (Å²) in [5.74, 6) is 2.17. The van der Waals surface area contributed by atoms with Gasteiger partial charge in [0.2, 0.25) is 5.75 Å². The lowest BCUT2D eigenvalue weighted by Gasteiger charge is -2.28. The number of anilines is 1. The van der Waals surface area contributed by atoms with Crippen LogP contribution in [0.1, 0.15) is 41.8 Å². The van der Waals surface area contributed by atoms with Gasteiger partial charge in [-0.25, -0.2) is 8.42 Å². The van der Waals surface area contributed by atoms with Crippen LogP contribution in [-0.2, 0) is 16.4 Å². The van der Waals surface area contributed by atoms with E-state index in [1.807, 2.05) is 12.1 Å². The zero-order valence-corrected chi connectivity index (χ0v) is 20.7. The number of methoxy groups -OCH3 is 3. The molecule has 2 fully saturated rings. The van der Waals surface area contributed by atoms with Crippen molar-refractivity contribution in [1.82, 2.24) is 4.90 Å². The largest absolute Gasteiger partial charge is 0.493 e. The molecule has 0 aliphatic carbocycles. The molecule has 1 atom stereocenters. The maximum Gasteiger partial charge on any atom is 0.254 e. The van der Waals surface area contributed by atoms with Crippen molar-refractivity contribution in [3.63, 3.8) is 0 Å². The third kappa shape index (κ3) is 5.11. The zero-order valence-electron chi connectivity index (χ0n) is 19.9. The van der Waals surface area contributed by atoms with Crippen LogP contribution < -0.4 is 19.1 Å². The highest BCUT2D eigenvalue weighted by molar-refractivity contribution is 7.91. The van der Waals surface area contributed by atoms with Gasteiger partial charge < -0.3 is 28.4 Å². The molecule has 1 aromatic carbocycles. The monoisotopic (exact) mass is 492 g/mol. The second kappa shape index (κ2) is 10.2. The van der Waals surface area contributed by atoms with Crippen molar-refractivity contribution >= 4 is 21.6 Å². The molecule has 10 heteroatoms. The number of sulfone groups is 1. The molecule has 1 aromatic heterocycles. The first-order valence-electron chi connectivity index (χ1n) is 11.5. The molecule has 0 bridgehead atoms. The second-order valence-corrected chi connectivity index (χ2v) is 10.9. The predicted octanol–water partition coefficient (Wildman–Crippen LogP) is 3.13. The van der Waals surface area contributed by atoms with Crippen molar-refractivity contribution in [3.8, 4) is 17.2 Å². The van der Waals surface area contributed by atoms with Gasteiger partial charge in [0, 0.05) is 30.8 Å². The first kappa shape index (κ1) is 24.3. The van der Waals surface area contributed by atoms with E-state index in [9.17, 15) is 13.2 Å². The number of nitrogens with zero attached hydrogens (tertiary/aromatic N) is 2. The highest BCUT2D eigenvalue weighted by Crippen LogP contribution is 2.39. The molecule has 2 aliphatic heterocycles. The van der Waals surface area contributed by atoms with E-state index in [4.69, 9.17) is 18.6 Å². The lowest BCUT2D eigenvalue weighted by atomic mass is 10.1. The Labute approximate surface area is 200 Å². The number of hydrogen-bond acceptors (Lipinski definition) is 8. The van der Waals surface area contributed by atoms with E-state index in [-0.39, 0.29) is 24.0 Å². The van der Waals surface area contributed by atoms with Gasteiger partial charge in [-0.2, -0.15) is 0 Å². The number of carbonyl (C=O) groups is 1. The number of benzene rings is 1. The topological polar surface area (TPSA) is 98.5 Å². The summed E-state index contributed by atoms with van der Waals surface area (Å²) < 4.78 is 46.7.